The standard InChI is InChI=1S/C14H13Br2N5/c1-8-3-4-10(15)5-9(8)6-17-13-11-12(16)20-21(2)14(11)19-7-18-13/h3-5,7H,6H2,1-2H3,(H,17,18,19). The van der Waals surface area contributed by atoms with Gasteiger partial charge in [-0.25, -0.2) is 14.6 Å². The summed E-state index contributed by atoms with van der Waals surface area (Å²) in [4.78, 5) is 8.59. The second-order valence-electron chi connectivity index (χ2n) is 4.76. The summed E-state index contributed by atoms with van der Waals surface area (Å²) in [6.07, 6.45) is 1.55. The molecule has 0 bridgehead atoms. The predicted octanol–water partition coefficient (Wildman–Crippen LogP) is 3.81. The molecule has 2 heterocycles. The topological polar surface area (TPSA) is 55.6 Å². The van der Waals surface area contributed by atoms with Crippen molar-refractivity contribution in [3.63, 3.8) is 0 Å². The summed E-state index contributed by atoms with van der Waals surface area (Å²) in [5.74, 6) is 0.777. The third-order valence-corrected chi connectivity index (χ3v) is 4.38. The molecule has 3 aromatic rings. The molecule has 2 aromatic heterocycles. The Morgan fingerprint density at radius 3 is 2.86 bits per heavy atom. The smallest absolute Gasteiger partial charge is 0.164 e. The molecule has 3 rings (SSSR count). The molecule has 1 N–H and O–H groups in total. The fourth-order valence-corrected chi connectivity index (χ4v) is 3.20. The number of halogens is 2. The van der Waals surface area contributed by atoms with Crippen molar-refractivity contribution < 1.29 is 0 Å². The van der Waals surface area contributed by atoms with Gasteiger partial charge in [0.05, 0.1) is 5.39 Å². The Morgan fingerprint density at radius 2 is 2.05 bits per heavy atom. The lowest BCUT2D eigenvalue weighted by atomic mass is 10.1. The molecule has 0 radical (unpaired) electrons. The number of aromatic nitrogens is 4. The maximum absolute atomic E-state index is 4.33. The fourth-order valence-electron chi connectivity index (χ4n) is 2.18. The van der Waals surface area contributed by atoms with Gasteiger partial charge < -0.3 is 5.32 Å². The van der Waals surface area contributed by atoms with Crippen molar-refractivity contribution >= 4 is 48.7 Å². The number of rotatable bonds is 3. The number of aryl methyl sites for hydroxylation is 2. The Bertz CT molecular complexity index is 812. The van der Waals surface area contributed by atoms with E-state index in [2.05, 4.69) is 71.3 Å². The van der Waals surface area contributed by atoms with E-state index in [1.807, 2.05) is 13.1 Å². The molecule has 1 aromatic carbocycles. The zero-order valence-corrected chi connectivity index (χ0v) is 14.7. The van der Waals surface area contributed by atoms with E-state index in [9.17, 15) is 0 Å². The van der Waals surface area contributed by atoms with Gasteiger partial charge in [-0.15, -0.1) is 0 Å². The minimum atomic E-state index is 0.693. The second-order valence-corrected chi connectivity index (χ2v) is 6.43. The summed E-state index contributed by atoms with van der Waals surface area (Å²) in [6, 6.07) is 6.25. The van der Waals surface area contributed by atoms with Crippen LogP contribution >= 0.6 is 31.9 Å². The van der Waals surface area contributed by atoms with Gasteiger partial charge in [0, 0.05) is 18.1 Å². The van der Waals surface area contributed by atoms with Gasteiger partial charge in [0.25, 0.3) is 0 Å². The molecule has 0 amide bonds. The molecule has 0 saturated carbocycles. The highest BCUT2D eigenvalue weighted by Gasteiger charge is 2.13. The first kappa shape index (κ1) is 14.5. The SMILES string of the molecule is Cc1ccc(Br)cc1CNc1ncnc2c1c(Br)nn2C. The van der Waals surface area contributed by atoms with E-state index in [1.54, 1.807) is 11.0 Å². The van der Waals surface area contributed by atoms with E-state index in [4.69, 9.17) is 0 Å². The first-order valence-electron chi connectivity index (χ1n) is 6.38. The van der Waals surface area contributed by atoms with Crippen molar-refractivity contribution in [2.24, 2.45) is 7.05 Å². The van der Waals surface area contributed by atoms with Crippen molar-refractivity contribution in [3.05, 3.63) is 44.7 Å². The highest BCUT2D eigenvalue weighted by Crippen LogP contribution is 2.27. The number of nitrogens with zero attached hydrogens (tertiary/aromatic N) is 4. The average molecular weight is 411 g/mol. The summed E-state index contributed by atoms with van der Waals surface area (Å²) in [5.41, 5.74) is 3.25. The fraction of sp³-hybridized carbons (Fsp3) is 0.214. The van der Waals surface area contributed by atoms with Crippen molar-refractivity contribution in [1.29, 1.82) is 0 Å². The van der Waals surface area contributed by atoms with Crippen molar-refractivity contribution in [2.45, 2.75) is 13.5 Å². The van der Waals surface area contributed by atoms with Crippen LogP contribution in [0.5, 0.6) is 0 Å². The van der Waals surface area contributed by atoms with Crippen LogP contribution in [0.1, 0.15) is 11.1 Å². The Balaban J connectivity index is 1.94. The van der Waals surface area contributed by atoms with E-state index in [-0.39, 0.29) is 0 Å². The average Bonchev–Trinajstić information content (AvgIpc) is 2.76. The Kier molecular flexibility index (Phi) is 3.95. The summed E-state index contributed by atoms with van der Waals surface area (Å²) >= 11 is 6.96. The molecule has 0 atom stereocenters. The van der Waals surface area contributed by atoms with Gasteiger partial charge in [0.15, 0.2) is 5.65 Å². The van der Waals surface area contributed by atoms with Crippen LogP contribution in [0.3, 0.4) is 0 Å². The quantitative estimate of drug-likeness (QED) is 0.713. The van der Waals surface area contributed by atoms with Crippen LogP contribution in [0.2, 0.25) is 0 Å². The lowest BCUT2D eigenvalue weighted by molar-refractivity contribution is 0.777. The van der Waals surface area contributed by atoms with Crippen LogP contribution in [-0.2, 0) is 13.6 Å². The van der Waals surface area contributed by atoms with Gasteiger partial charge in [-0.2, -0.15) is 5.10 Å². The maximum Gasteiger partial charge on any atom is 0.164 e. The Morgan fingerprint density at radius 1 is 1.24 bits per heavy atom. The zero-order valence-electron chi connectivity index (χ0n) is 11.6. The molecule has 0 unspecified atom stereocenters. The van der Waals surface area contributed by atoms with Crippen LogP contribution in [-0.4, -0.2) is 19.7 Å². The second kappa shape index (κ2) is 5.73. The molecule has 0 aliphatic rings. The zero-order chi connectivity index (χ0) is 15.0. The molecule has 108 valence electrons. The molecule has 0 spiro atoms. The van der Waals surface area contributed by atoms with Crippen molar-refractivity contribution in [1.82, 2.24) is 19.7 Å². The van der Waals surface area contributed by atoms with Crippen molar-refractivity contribution in [3.8, 4) is 0 Å². The number of nitrogens with one attached hydrogen (secondary N) is 1. The van der Waals surface area contributed by atoms with Gasteiger partial charge >= 0.3 is 0 Å². The number of fused-ring (bicyclic) bond motifs is 1. The highest BCUT2D eigenvalue weighted by atomic mass is 79.9. The number of hydrogen-bond donors (Lipinski definition) is 1. The van der Waals surface area contributed by atoms with Crippen molar-refractivity contribution in [2.75, 3.05) is 5.32 Å². The summed E-state index contributed by atoms with van der Waals surface area (Å²) in [6.45, 7) is 2.79. The molecule has 0 aliphatic heterocycles. The lowest BCUT2D eigenvalue weighted by Gasteiger charge is -2.09. The minimum absolute atomic E-state index is 0.693. The van der Waals surface area contributed by atoms with E-state index >= 15 is 0 Å². The van der Waals surface area contributed by atoms with Crippen LogP contribution < -0.4 is 5.32 Å². The number of benzene rings is 1. The van der Waals surface area contributed by atoms with Gasteiger partial charge in [0.1, 0.15) is 16.7 Å². The van der Waals surface area contributed by atoms with Gasteiger partial charge in [-0.05, 0) is 46.1 Å². The first-order valence-corrected chi connectivity index (χ1v) is 7.97. The molecule has 0 fully saturated rings. The third kappa shape index (κ3) is 2.80. The molecular formula is C14H13Br2N5. The third-order valence-electron chi connectivity index (χ3n) is 3.34. The Hall–Kier alpha value is -1.47. The summed E-state index contributed by atoms with van der Waals surface area (Å²) < 4.78 is 3.55. The Labute approximate surface area is 139 Å². The molecule has 5 nitrogen and oxygen atoms in total. The normalized spacial score (nSPS) is 11.0. The predicted molar refractivity (Wildman–Crippen MR) is 90.2 cm³/mol. The highest BCUT2D eigenvalue weighted by molar-refractivity contribution is 9.10. The van der Waals surface area contributed by atoms with E-state index in [0.29, 0.717) is 6.54 Å². The molecule has 21 heavy (non-hydrogen) atoms. The molecule has 0 saturated heterocycles. The van der Waals surface area contributed by atoms with E-state index in [0.717, 1.165) is 25.9 Å². The molecular weight excluding hydrogens is 398 g/mol. The van der Waals surface area contributed by atoms with E-state index in [1.165, 1.54) is 11.1 Å². The number of hydrogen-bond acceptors (Lipinski definition) is 4. The molecule has 7 heteroatoms. The van der Waals surface area contributed by atoms with Crippen LogP contribution in [0, 0.1) is 6.92 Å². The summed E-state index contributed by atoms with van der Waals surface area (Å²) in [5, 5.41) is 8.59. The number of anilines is 1. The van der Waals surface area contributed by atoms with E-state index < -0.39 is 0 Å². The monoisotopic (exact) mass is 409 g/mol. The van der Waals surface area contributed by atoms with Crippen LogP contribution in [0.25, 0.3) is 11.0 Å². The molecule has 0 aliphatic carbocycles. The van der Waals surface area contributed by atoms with Gasteiger partial charge in [-0.1, -0.05) is 22.0 Å². The maximum atomic E-state index is 4.33. The largest absolute Gasteiger partial charge is 0.365 e. The summed E-state index contributed by atoms with van der Waals surface area (Å²) in [7, 11) is 1.86. The van der Waals surface area contributed by atoms with Gasteiger partial charge in [0.2, 0.25) is 0 Å². The van der Waals surface area contributed by atoms with Crippen LogP contribution in [0.4, 0.5) is 5.82 Å². The minimum Gasteiger partial charge on any atom is -0.365 e. The van der Waals surface area contributed by atoms with Gasteiger partial charge in [-0.3, -0.25) is 0 Å². The first-order chi connectivity index (χ1) is 10.1. The lowest BCUT2D eigenvalue weighted by Crippen LogP contribution is -2.04. The van der Waals surface area contributed by atoms with Crippen LogP contribution in [0.15, 0.2) is 33.6 Å².